The third kappa shape index (κ3) is 1.54. The van der Waals surface area contributed by atoms with Crippen molar-refractivity contribution in [3.05, 3.63) is 29.3 Å². The van der Waals surface area contributed by atoms with Crippen LogP contribution < -0.4 is 10.2 Å². The minimum absolute atomic E-state index is 0.0177. The van der Waals surface area contributed by atoms with Gasteiger partial charge in [0.1, 0.15) is 0 Å². The first kappa shape index (κ1) is 11.0. The van der Waals surface area contributed by atoms with Crippen molar-refractivity contribution in [2.75, 3.05) is 31.6 Å². The number of fused-ring (bicyclic) bond motifs is 2. The van der Waals surface area contributed by atoms with Gasteiger partial charge in [-0.3, -0.25) is 0 Å². The van der Waals surface area contributed by atoms with E-state index in [0.717, 1.165) is 43.7 Å². The van der Waals surface area contributed by atoms with E-state index in [4.69, 9.17) is 0 Å². The zero-order valence-corrected chi connectivity index (χ0v) is 9.89. The molecule has 1 saturated heterocycles. The Morgan fingerprint density at radius 3 is 2.53 bits per heavy atom. The average Bonchev–Trinajstić information content (AvgIpc) is 2.55. The topological polar surface area (TPSA) is 15.3 Å². The monoisotopic (exact) mass is 238 g/mol. The molecule has 0 radical (unpaired) electrons. The Labute approximate surface area is 99.6 Å². The number of halogens is 2. The summed E-state index contributed by atoms with van der Waals surface area (Å²) in [4.78, 5) is 2.04. The molecule has 0 bridgehead atoms. The number of rotatable bonds is 0. The van der Waals surface area contributed by atoms with E-state index in [2.05, 4.69) is 5.32 Å². The second-order valence-electron chi connectivity index (χ2n) is 5.17. The van der Waals surface area contributed by atoms with Crippen LogP contribution in [0.4, 0.5) is 14.5 Å². The Kier molecular flexibility index (Phi) is 2.36. The fraction of sp³-hybridized carbons (Fsp3) is 0.538. The molecule has 2 heterocycles. The molecule has 17 heavy (non-hydrogen) atoms. The van der Waals surface area contributed by atoms with Crippen LogP contribution in [0.1, 0.15) is 18.4 Å². The van der Waals surface area contributed by atoms with Crippen molar-refractivity contribution in [2.45, 2.75) is 18.3 Å². The zero-order valence-electron chi connectivity index (χ0n) is 9.89. The molecule has 2 aliphatic heterocycles. The highest BCUT2D eigenvalue weighted by Crippen LogP contribution is 2.45. The van der Waals surface area contributed by atoms with E-state index in [0.29, 0.717) is 0 Å². The van der Waals surface area contributed by atoms with Crippen LogP contribution >= 0.6 is 0 Å². The summed E-state index contributed by atoms with van der Waals surface area (Å²) in [6, 6.07) is 2.74. The van der Waals surface area contributed by atoms with Gasteiger partial charge in [-0.1, -0.05) is 0 Å². The summed E-state index contributed by atoms with van der Waals surface area (Å²) >= 11 is 0. The molecule has 2 aliphatic rings. The number of benzene rings is 1. The maximum absolute atomic E-state index is 13.4. The first-order chi connectivity index (χ1) is 8.12. The van der Waals surface area contributed by atoms with Crippen molar-refractivity contribution in [3.8, 4) is 0 Å². The number of nitrogens with one attached hydrogen (secondary N) is 1. The standard InChI is InChI=1S/C13H16F2N2/c1-17-8-13(2-4-16-5-3-13)9-6-10(14)11(15)7-12(9)17/h6-7,16H,2-5,8H2,1H3. The van der Waals surface area contributed by atoms with Crippen molar-refractivity contribution < 1.29 is 8.78 Å². The Balaban J connectivity index is 2.11. The van der Waals surface area contributed by atoms with E-state index in [9.17, 15) is 8.78 Å². The summed E-state index contributed by atoms with van der Waals surface area (Å²) in [6.07, 6.45) is 1.99. The summed E-state index contributed by atoms with van der Waals surface area (Å²) in [5.41, 5.74) is 1.86. The van der Waals surface area contributed by atoms with E-state index in [-0.39, 0.29) is 5.41 Å². The highest BCUT2D eigenvalue weighted by Gasteiger charge is 2.42. The summed E-state index contributed by atoms with van der Waals surface area (Å²) in [5, 5.41) is 3.32. The quantitative estimate of drug-likeness (QED) is 0.744. The molecule has 2 nitrogen and oxygen atoms in total. The number of piperidine rings is 1. The van der Waals surface area contributed by atoms with Gasteiger partial charge >= 0.3 is 0 Å². The first-order valence-corrected chi connectivity index (χ1v) is 6.04. The predicted molar refractivity (Wildman–Crippen MR) is 63.4 cm³/mol. The number of hydrogen-bond acceptors (Lipinski definition) is 2. The highest BCUT2D eigenvalue weighted by molar-refractivity contribution is 5.62. The molecule has 1 fully saturated rings. The Hall–Kier alpha value is -1.16. The second-order valence-corrected chi connectivity index (χ2v) is 5.17. The van der Waals surface area contributed by atoms with Crippen molar-refractivity contribution in [2.24, 2.45) is 0 Å². The molecule has 0 unspecified atom stereocenters. The number of likely N-dealkylation sites (N-methyl/N-ethyl adjacent to an activating group) is 1. The van der Waals surface area contributed by atoms with E-state index in [1.54, 1.807) is 0 Å². The lowest BCUT2D eigenvalue weighted by atomic mass is 9.75. The lowest BCUT2D eigenvalue weighted by Gasteiger charge is -2.34. The van der Waals surface area contributed by atoms with Gasteiger partial charge in [-0.05, 0) is 37.6 Å². The van der Waals surface area contributed by atoms with Gasteiger partial charge in [-0.15, -0.1) is 0 Å². The van der Waals surface area contributed by atoms with Gasteiger partial charge in [-0.2, -0.15) is 0 Å². The Morgan fingerprint density at radius 1 is 1.18 bits per heavy atom. The van der Waals surface area contributed by atoms with Gasteiger partial charge < -0.3 is 10.2 Å². The number of hydrogen-bond donors (Lipinski definition) is 1. The molecule has 1 aromatic carbocycles. The molecule has 0 saturated carbocycles. The molecule has 1 aromatic rings. The second kappa shape index (κ2) is 3.67. The normalized spacial score (nSPS) is 21.9. The molecule has 1 spiro atoms. The third-order valence-electron chi connectivity index (χ3n) is 4.12. The minimum Gasteiger partial charge on any atom is -0.373 e. The first-order valence-electron chi connectivity index (χ1n) is 6.04. The van der Waals surface area contributed by atoms with Crippen molar-refractivity contribution in [1.82, 2.24) is 5.32 Å². The summed E-state index contributed by atoms with van der Waals surface area (Å²) in [5.74, 6) is -1.47. The molecule has 0 aliphatic carbocycles. The molecule has 0 aromatic heterocycles. The SMILES string of the molecule is CN1CC2(CCNCC2)c2cc(F)c(F)cc21. The Morgan fingerprint density at radius 2 is 1.82 bits per heavy atom. The molecule has 3 rings (SSSR count). The van der Waals surface area contributed by atoms with Gasteiger partial charge in [0.15, 0.2) is 11.6 Å². The van der Waals surface area contributed by atoms with Gasteiger partial charge in [0.25, 0.3) is 0 Å². The number of anilines is 1. The van der Waals surface area contributed by atoms with E-state index < -0.39 is 11.6 Å². The van der Waals surface area contributed by atoms with Crippen LogP contribution in [-0.4, -0.2) is 26.7 Å². The molecular weight excluding hydrogens is 222 g/mol. The largest absolute Gasteiger partial charge is 0.373 e. The molecule has 4 heteroatoms. The van der Waals surface area contributed by atoms with Crippen LogP contribution in [0.3, 0.4) is 0 Å². The molecule has 0 atom stereocenters. The Bertz CT molecular complexity index is 453. The molecule has 92 valence electrons. The molecular formula is C13H16F2N2. The predicted octanol–water partition coefficient (Wildman–Crippen LogP) is 2.04. The lowest BCUT2D eigenvalue weighted by molar-refractivity contribution is 0.326. The van der Waals surface area contributed by atoms with Crippen LogP contribution in [0.25, 0.3) is 0 Å². The third-order valence-corrected chi connectivity index (χ3v) is 4.12. The van der Waals surface area contributed by atoms with Crippen molar-refractivity contribution in [1.29, 1.82) is 0 Å². The fourth-order valence-electron chi connectivity index (χ4n) is 3.23. The maximum Gasteiger partial charge on any atom is 0.160 e. The summed E-state index contributed by atoms with van der Waals surface area (Å²) in [6.45, 7) is 2.77. The van der Waals surface area contributed by atoms with Crippen molar-refractivity contribution in [3.63, 3.8) is 0 Å². The summed E-state index contributed by atoms with van der Waals surface area (Å²) in [7, 11) is 1.95. The zero-order chi connectivity index (χ0) is 12.0. The van der Waals surface area contributed by atoms with E-state index >= 15 is 0 Å². The fourth-order valence-corrected chi connectivity index (χ4v) is 3.23. The van der Waals surface area contributed by atoms with E-state index in [1.807, 2.05) is 11.9 Å². The van der Waals surface area contributed by atoms with Crippen LogP contribution in [0.2, 0.25) is 0 Å². The van der Waals surface area contributed by atoms with Crippen LogP contribution in [0.15, 0.2) is 12.1 Å². The highest BCUT2D eigenvalue weighted by atomic mass is 19.2. The van der Waals surface area contributed by atoms with Gasteiger partial charge in [-0.25, -0.2) is 8.78 Å². The minimum atomic E-state index is -0.749. The van der Waals surface area contributed by atoms with Crippen molar-refractivity contribution >= 4 is 5.69 Å². The van der Waals surface area contributed by atoms with Crippen LogP contribution in [0.5, 0.6) is 0 Å². The molecule has 1 N–H and O–H groups in total. The van der Waals surface area contributed by atoms with Gasteiger partial charge in [0.2, 0.25) is 0 Å². The average molecular weight is 238 g/mol. The van der Waals surface area contributed by atoms with E-state index in [1.165, 1.54) is 12.1 Å². The molecule has 0 amide bonds. The number of nitrogens with zero attached hydrogens (tertiary/aromatic N) is 1. The van der Waals surface area contributed by atoms with Crippen LogP contribution in [-0.2, 0) is 5.41 Å². The van der Waals surface area contributed by atoms with Gasteiger partial charge in [0, 0.05) is 30.8 Å². The van der Waals surface area contributed by atoms with Gasteiger partial charge in [0.05, 0.1) is 0 Å². The maximum atomic E-state index is 13.4. The lowest BCUT2D eigenvalue weighted by Crippen LogP contribution is -2.42. The summed E-state index contributed by atoms with van der Waals surface area (Å²) < 4.78 is 26.7. The smallest absolute Gasteiger partial charge is 0.160 e. The van der Waals surface area contributed by atoms with Crippen LogP contribution in [0, 0.1) is 11.6 Å².